The average Bonchev–Trinajstić information content (AvgIpc) is 2.93. The van der Waals surface area contributed by atoms with Gasteiger partial charge in [0.2, 0.25) is 0 Å². The van der Waals surface area contributed by atoms with Crippen LogP contribution in [0.1, 0.15) is 24.8 Å². The van der Waals surface area contributed by atoms with Crippen molar-refractivity contribution in [1.29, 1.82) is 0 Å². The first-order valence-corrected chi connectivity index (χ1v) is 5.89. The first-order valence-electron chi connectivity index (χ1n) is 5.89. The summed E-state index contributed by atoms with van der Waals surface area (Å²) in [6.45, 7) is 2.07. The van der Waals surface area contributed by atoms with Gasteiger partial charge in [0.05, 0.1) is 12.2 Å². The van der Waals surface area contributed by atoms with Crippen LogP contribution in [-0.4, -0.2) is 23.7 Å². The van der Waals surface area contributed by atoms with Gasteiger partial charge in [-0.15, -0.1) is 0 Å². The van der Waals surface area contributed by atoms with E-state index in [1.807, 2.05) is 12.4 Å². The van der Waals surface area contributed by atoms with Crippen LogP contribution in [0.15, 0.2) is 18.5 Å². The number of aromatic amines is 1. The summed E-state index contributed by atoms with van der Waals surface area (Å²) in [5, 5.41) is 3.51. The molecule has 3 rings (SSSR count). The van der Waals surface area contributed by atoms with Gasteiger partial charge in [-0.3, -0.25) is 0 Å². The average molecular weight is 206 g/mol. The molecule has 3 nitrogen and oxygen atoms in total. The zero-order valence-corrected chi connectivity index (χ0v) is 8.91. The second-order valence-corrected chi connectivity index (χ2v) is 4.72. The van der Waals surface area contributed by atoms with Crippen LogP contribution in [0.3, 0.4) is 0 Å². The number of H-pyrrole nitrogens is 1. The summed E-state index contributed by atoms with van der Waals surface area (Å²) in [7, 11) is 0. The molecular formula is C12H18N2O. The minimum atomic E-state index is 0.550. The predicted octanol–water partition coefficient (Wildman–Crippen LogP) is 1.67. The smallest absolute Gasteiger partial charge is 0.0621 e. The van der Waals surface area contributed by atoms with Gasteiger partial charge in [-0.25, -0.2) is 0 Å². The zero-order valence-electron chi connectivity index (χ0n) is 8.91. The second kappa shape index (κ2) is 3.99. The van der Waals surface area contributed by atoms with E-state index in [4.69, 9.17) is 4.74 Å². The van der Waals surface area contributed by atoms with Crippen molar-refractivity contribution in [3.05, 3.63) is 24.0 Å². The standard InChI is InChI=1S/C12H18N2O/c1-2-12-10(5-11(1)15-12)8-14-7-9-3-4-13-6-9/h3-4,6,10-14H,1-2,5,7-8H2. The van der Waals surface area contributed by atoms with Gasteiger partial charge in [0.25, 0.3) is 0 Å². The minimum Gasteiger partial charge on any atom is -0.375 e. The molecule has 0 aromatic carbocycles. The van der Waals surface area contributed by atoms with Gasteiger partial charge in [-0.2, -0.15) is 0 Å². The maximum atomic E-state index is 5.83. The summed E-state index contributed by atoms with van der Waals surface area (Å²) >= 11 is 0. The molecule has 3 unspecified atom stereocenters. The number of rotatable bonds is 4. The lowest BCUT2D eigenvalue weighted by Crippen LogP contribution is -2.29. The normalized spacial score (nSPS) is 33.7. The molecule has 2 fully saturated rings. The lowest BCUT2D eigenvalue weighted by Gasteiger charge is -2.18. The second-order valence-electron chi connectivity index (χ2n) is 4.72. The Labute approximate surface area is 90.2 Å². The Morgan fingerprint density at radius 3 is 3.13 bits per heavy atom. The number of fused-ring (bicyclic) bond motifs is 2. The van der Waals surface area contributed by atoms with E-state index in [2.05, 4.69) is 16.4 Å². The molecule has 82 valence electrons. The molecule has 0 aliphatic carbocycles. The Morgan fingerprint density at radius 2 is 2.47 bits per heavy atom. The molecule has 3 heterocycles. The van der Waals surface area contributed by atoms with E-state index < -0.39 is 0 Å². The molecule has 2 N–H and O–H groups in total. The van der Waals surface area contributed by atoms with Gasteiger partial charge in [0, 0.05) is 31.4 Å². The Kier molecular flexibility index (Phi) is 2.51. The molecule has 2 aliphatic heterocycles. The first kappa shape index (κ1) is 9.43. The largest absolute Gasteiger partial charge is 0.375 e. The SMILES string of the molecule is c1cc(CNCC2CC3CCC2O3)c[nH]1. The van der Waals surface area contributed by atoms with Crippen LogP contribution in [0.25, 0.3) is 0 Å². The summed E-state index contributed by atoms with van der Waals surface area (Å²) in [4.78, 5) is 3.07. The van der Waals surface area contributed by atoms with E-state index in [1.54, 1.807) is 0 Å². The van der Waals surface area contributed by atoms with Gasteiger partial charge >= 0.3 is 0 Å². The van der Waals surface area contributed by atoms with Gasteiger partial charge in [-0.1, -0.05) is 0 Å². The van der Waals surface area contributed by atoms with Gasteiger partial charge < -0.3 is 15.0 Å². The van der Waals surface area contributed by atoms with Crippen LogP contribution >= 0.6 is 0 Å². The van der Waals surface area contributed by atoms with E-state index in [9.17, 15) is 0 Å². The third-order valence-electron chi connectivity index (χ3n) is 3.63. The molecule has 1 aromatic heterocycles. The molecule has 0 saturated carbocycles. The van der Waals surface area contributed by atoms with Crippen molar-refractivity contribution in [1.82, 2.24) is 10.3 Å². The molecule has 2 bridgehead atoms. The van der Waals surface area contributed by atoms with Crippen LogP contribution < -0.4 is 5.32 Å². The number of ether oxygens (including phenoxy) is 1. The van der Waals surface area contributed by atoms with Crippen molar-refractivity contribution in [3.63, 3.8) is 0 Å². The van der Waals surface area contributed by atoms with Crippen LogP contribution in [0.5, 0.6) is 0 Å². The Bertz CT molecular complexity index is 309. The van der Waals surface area contributed by atoms with Crippen molar-refractivity contribution in [2.45, 2.75) is 38.0 Å². The van der Waals surface area contributed by atoms with Crippen LogP contribution in [0, 0.1) is 5.92 Å². The fourth-order valence-electron chi connectivity index (χ4n) is 2.83. The first-order chi connectivity index (χ1) is 7.42. The summed E-state index contributed by atoms with van der Waals surface area (Å²) in [5.41, 5.74) is 1.33. The lowest BCUT2D eigenvalue weighted by atomic mass is 9.89. The van der Waals surface area contributed by atoms with Crippen molar-refractivity contribution in [3.8, 4) is 0 Å². The fourth-order valence-corrected chi connectivity index (χ4v) is 2.83. The zero-order chi connectivity index (χ0) is 10.1. The van der Waals surface area contributed by atoms with Gasteiger partial charge in [-0.05, 0) is 30.9 Å². The topological polar surface area (TPSA) is 37.0 Å². The predicted molar refractivity (Wildman–Crippen MR) is 58.5 cm³/mol. The molecule has 2 aliphatic rings. The lowest BCUT2D eigenvalue weighted by molar-refractivity contribution is 0.0924. The number of hydrogen-bond donors (Lipinski definition) is 2. The van der Waals surface area contributed by atoms with Crippen molar-refractivity contribution >= 4 is 0 Å². The van der Waals surface area contributed by atoms with Crippen molar-refractivity contribution in [2.24, 2.45) is 5.92 Å². The maximum absolute atomic E-state index is 5.83. The maximum Gasteiger partial charge on any atom is 0.0621 e. The quantitative estimate of drug-likeness (QED) is 0.786. The molecule has 3 atom stereocenters. The highest BCUT2D eigenvalue weighted by Gasteiger charge is 2.40. The van der Waals surface area contributed by atoms with Crippen molar-refractivity contribution in [2.75, 3.05) is 6.54 Å². The summed E-state index contributed by atoms with van der Waals surface area (Å²) in [6, 6.07) is 2.12. The van der Waals surface area contributed by atoms with E-state index in [0.717, 1.165) is 19.0 Å². The van der Waals surface area contributed by atoms with Gasteiger partial charge in [0.1, 0.15) is 0 Å². The third kappa shape index (κ3) is 1.94. The Balaban J connectivity index is 1.43. The highest BCUT2D eigenvalue weighted by molar-refractivity contribution is 5.07. The molecule has 3 heteroatoms. The molecule has 0 spiro atoms. The molecular weight excluding hydrogens is 188 g/mol. The minimum absolute atomic E-state index is 0.550. The van der Waals surface area contributed by atoms with Crippen LogP contribution in [0.4, 0.5) is 0 Å². The highest BCUT2D eigenvalue weighted by Crippen LogP contribution is 2.38. The molecule has 0 radical (unpaired) electrons. The molecule has 1 aromatic rings. The van der Waals surface area contributed by atoms with Crippen LogP contribution in [-0.2, 0) is 11.3 Å². The van der Waals surface area contributed by atoms with E-state index in [-0.39, 0.29) is 0 Å². The highest BCUT2D eigenvalue weighted by atomic mass is 16.5. The molecule has 2 saturated heterocycles. The van der Waals surface area contributed by atoms with Crippen LogP contribution in [0.2, 0.25) is 0 Å². The monoisotopic (exact) mass is 206 g/mol. The van der Waals surface area contributed by atoms with E-state index in [1.165, 1.54) is 24.8 Å². The van der Waals surface area contributed by atoms with Gasteiger partial charge in [0.15, 0.2) is 0 Å². The summed E-state index contributed by atoms with van der Waals surface area (Å²) in [6.07, 6.45) is 8.98. The summed E-state index contributed by atoms with van der Waals surface area (Å²) in [5.74, 6) is 0.752. The van der Waals surface area contributed by atoms with E-state index >= 15 is 0 Å². The Morgan fingerprint density at radius 1 is 1.47 bits per heavy atom. The number of hydrogen-bond acceptors (Lipinski definition) is 2. The summed E-state index contributed by atoms with van der Waals surface area (Å²) < 4.78 is 5.83. The number of aromatic nitrogens is 1. The Hall–Kier alpha value is -0.800. The number of nitrogens with one attached hydrogen (secondary N) is 2. The van der Waals surface area contributed by atoms with E-state index in [0.29, 0.717) is 12.2 Å². The molecule has 0 amide bonds. The fraction of sp³-hybridized carbons (Fsp3) is 0.667. The third-order valence-corrected chi connectivity index (χ3v) is 3.63. The van der Waals surface area contributed by atoms with Crippen molar-refractivity contribution < 1.29 is 4.74 Å². The molecule has 15 heavy (non-hydrogen) atoms.